The van der Waals surface area contributed by atoms with Crippen molar-refractivity contribution in [1.82, 2.24) is 5.32 Å². The van der Waals surface area contributed by atoms with Gasteiger partial charge in [0.2, 0.25) is 5.91 Å². The van der Waals surface area contributed by atoms with E-state index < -0.39 is 11.7 Å². The average molecular weight is 377 g/mol. The van der Waals surface area contributed by atoms with E-state index in [1.54, 1.807) is 0 Å². The zero-order valence-electron chi connectivity index (χ0n) is 15.1. The third-order valence-electron chi connectivity index (χ3n) is 4.63. The van der Waals surface area contributed by atoms with Crippen LogP contribution in [0.5, 0.6) is 0 Å². The fourth-order valence-electron chi connectivity index (χ4n) is 3.20. The van der Waals surface area contributed by atoms with E-state index >= 15 is 0 Å². The van der Waals surface area contributed by atoms with Crippen LogP contribution < -0.4 is 15.5 Å². The smallest absolute Gasteiger partial charge is 0.376 e. The number of carbonyl (C=O) groups excluding carboxylic acids is 1. The van der Waals surface area contributed by atoms with Gasteiger partial charge in [-0.3, -0.25) is 4.79 Å². The summed E-state index contributed by atoms with van der Waals surface area (Å²) in [6.45, 7) is 1.35. The fraction of sp³-hybridized carbons (Fsp3) is 0.350. The van der Waals surface area contributed by atoms with Gasteiger partial charge >= 0.3 is 6.18 Å². The van der Waals surface area contributed by atoms with Gasteiger partial charge in [0, 0.05) is 31.5 Å². The van der Waals surface area contributed by atoms with E-state index in [9.17, 15) is 18.0 Å². The molecule has 2 N–H and O–H groups in total. The Kier molecular flexibility index (Phi) is 5.58. The van der Waals surface area contributed by atoms with Crippen molar-refractivity contribution in [1.29, 1.82) is 0 Å². The van der Waals surface area contributed by atoms with Crippen LogP contribution in [0.25, 0.3) is 0 Å². The third-order valence-corrected chi connectivity index (χ3v) is 4.63. The van der Waals surface area contributed by atoms with Crippen LogP contribution in [0.2, 0.25) is 0 Å². The van der Waals surface area contributed by atoms with Gasteiger partial charge in [-0.15, -0.1) is 0 Å². The quantitative estimate of drug-likeness (QED) is 0.833. The van der Waals surface area contributed by atoms with Gasteiger partial charge in [-0.25, -0.2) is 0 Å². The molecule has 1 heterocycles. The Labute approximate surface area is 156 Å². The molecule has 144 valence electrons. The first-order chi connectivity index (χ1) is 12.8. The molecule has 0 fully saturated rings. The highest BCUT2D eigenvalue weighted by atomic mass is 19.4. The molecular formula is C20H22F3N3O. The van der Waals surface area contributed by atoms with Gasteiger partial charge in [0.25, 0.3) is 0 Å². The second-order valence-electron chi connectivity index (χ2n) is 6.70. The number of amides is 1. The van der Waals surface area contributed by atoms with Crippen molar-refractivity contribution in [3.05, 3.63) is 59.2 Å². The SMILES string of the molecule is CN1CCCc2cc(CNC(=O)CNc3cccc(C(F)(F)F)c3)ccc21. The molecule has 0 saturated carbocycles. The first-order valence-corrected chi connectivity index (χ1v) is 8.84. The largest absolute Gasteiger partial charge is 0.416 e. The molecule has 4 nitrogen and oxygen atoms in total. The lowest BCUT2D eigenvalue weighted by atomic mass is 9.99. The topological polar surface area (TPSA) is 44.4 Å². The van der Waals surface area contributed by atoms with E-state index in [2.05, 4.69) is 34.7 Å². The summed E-state index contributed by atoms with van der Waals surface area (Å²) in [7, 11) is 2.07. The highest BCUT2D eigenvalue weighted by Gasteiger charge is 2.30. The summed E-state index contributed by atoms with van der Waals surface area (Å²) in [5, 5.41) is 5.53. The first kappa shape index (κ1) is 19.1. The van der Waals surface area contributed by atoms with Gasteiger partial charge in [0.1, 0.15) is 0 Å². The van der Waals surface area contributed by atoms with E-state index in [0.29, 0.717) is 6.54 Å². The number of aryl methyl sites for hydroxylation is 1. The molecule has 0 unspecified atom stereocenters. The van der Waals surface area contributed by atoms with Crippen molar-refractivity contribution in [3.8, 4) is 0 Å². The number of hydrogen-bond acceptors (Lipinski definition) is 3. The summed E-state index contributed by atoms with van der Waals surface area (Å²) < 4.78 is 38.1. The van der Waals surface area contributed by atoms with E-state index in [1.165, 1.54) is 23.4 Å². The molecule has 1 aliphatic rings. The van der Waals surface area contributed by atoms with Crippen molar-refractivity contribution in [3.63, 3.8) is 0 Å². The van der Waals surface area contributed by atoms with Crippen LogP contribution in [0.1, 0.15) is 23.1 Å². The molecule has 27 heavy (non-hydrogen) atoms. The number of halogens is 3. The maximum atomic E-state index is 12.7. The van der Waals surface area contributed by atoms with Crippen LogP contribution in [0.15, 0.2) is 42.5 Å². The lowest BCUT2D eigenvalue weighted by Crippen LogP contribution is -2.29. The molecule has 0 bridgehead atoms. The number of anilines is 2. The second kappa shape index (κ2) is 7.90. The molecule has 0 saturated heterocycles. The number of rotatable bonds is 5. The molecule has 3 rings (SSSR count). The zero-order valence-corrected chi connectivity index (χ0v) is 15.1. The maximum absolute atomic E-state index is 12.7. The van der Waals surface area contributed by atoms with Gasteiger partial charge in [-0.1, -0.05) is 18.2 Å². The highest BCUT2D eigenvalue weighted by molar-refractivity contribution is 5.80. The van der Waals surface area contributed by atoms with Crippen molar-refractivity contribution in [2.24, 2.45) is 0 Å². The molecule has 0 spiro atoms. The minimum atomic E-state index is -4.40. The molecule has 2 aromatic carbocycles. The second-order valence-corrected chi connectivity index (χ2v) is 6.70. The molecule has 1 amide bonds. The number of hydrogen-bond donors (Lipinski definition) is 2. The van der Waals surface area contributed by atoms with Crippen molar-refractivity contribution in [2.45, 2.75) is 25.6 Å². The summed E-state index contributed by atoms with van der Waals surface area (Å²) in [6.07, 6.45) is -2.26. The lowest BCUT2D eigenvalue weighted by molar-refractivity contribution is -0.137. The molecule has 7 heteroatoms. The highest BCUT2D eigenvalue weighted by Crippen LogP contribution is 2.30. The predicted molar refractivity (Wildman–Crippen MR) is 99.8 cm³/mol. The van der Waals surface area contributed by atoms with Gasteiger partial charge in [0.15, 0.2) is 0 Å². The lowest BCUT2D eigenvalue weighted by Gasteiger charge is -2.27. The molecule has 0 aliphatic carbocycles. The zero-order chi connectivity index (χ0) is 19.4. The molecule has 0 atom stereocenters. The Bertz CT molecular complexity index is 820. The minimum absolute atomic E-state index is 0.0883. The number of nitrogens with one attached hydrogen (secondary N) is 2. The molecule has 0 radical (unpaired) electrons. The fourth-order valence-corrected chi connectivity index (χ4v) is 3.20. The van der Waals surface area contributed by atoms with Crippen molar-refractivity contribution >= 4 is 17.3 Å². The van der Waals surface area contributed by atoms with E-state index in [0.717, 1.165) is 37.1 Å². The Morgan fingerprint density at radius 1 is 1.19 bits per heavy atom. The van der Waals surface area contributed by atoms with Crippen LogP contribution in [-0.4, -0.2) is 26.0 Å². The van der Waals surface area contributed by atoms with Crippen molar-refractivity contribution in [2.75, 3.05) is 30.4 Å². The van der Waals surface area contributed by atoms with Crippen LogP contribution >= 0.6 is 0 Å². The molecular weight excluding hydrogens is 355 g/mol. The van der Waals surface area contributed by atoms with Crippen LogP contribution in [0.4, 0.5) is 24.5 Å². The molecule has 0 aromatic heterocycles. The van der Waals surface area contributed by atoms with Crippen LogP contribution in [-0.2, 0) is 23.9 Å². The Morgan fingerprint density at radius 2 is 2.00 bits per heavy atom. The average Bonchev–Trinajstić information content (AvgIpc) is 2.64. The van der Waals surface area contributed by atoms with E-state index in [-0.39, 0.29) is 18.1 Å². The first-order valence-electron chi connectivity index (χ1n) is 8.84. The number of fused-ring (bicyclic) bond motifs is 1. The monoisotopic (exact) mass is 377 g/mol. The third kappa shape index (κ3) is 4.93. The summed E-state index contributed by atoms with van der Waals surface area (Å²) in [5.74, 6) is -0.276. The van der Waals surface area contributed by atoms with Crippen LogP contribution in [0.3, 0.4) is 0 Å². The Morgan fingerprint density at radius 3 is 2.78 bits per heavy atom. The Balaban J connectivity index is 1.52. The molecule has 1 aliphatic heterocycles. The van der Waals surface area contributed by atoms with Gasteiger partial charge in [-0.05, 0) is 48.2 Å². The number of carbonyl (C=O) groups is 1. The van der Waals surface area contributed by atoms with Gasteiger partial charge in [-0.2, -0.15) is 13.2 Å². The summed E-state index contributed by atoms with van der Waals surface area (Å²) >= 11 is 0. The predicted octanol–water partition coefficient (Wildman–Crippen LogP) is 3.82. The van der Waals surface area contributed by atoms with Crippen molar-refractivity contribution < 1.29 is 18.0 Å². The van der Waals surface area contributed by atoms with E-state index in [1.807, 2.05) is 6.07 Å². The molecule has 2 aromatic rings. The van der Waals surface area contributed by atoms with Crippen LogP contribution in [0, 0.1) is 0 Å². The van der Waals surface area contributed by atoms with Gasteiger partial charge in [0.05, 0.1) is 12.1 Å². The number of benzene rings is 2. The van der Waals surface area contributed by atoms with Gasteiger partial charge < -0.3 is 15.5 Å². The van der Waals surface area contributed by atoms with E-state index in [4.69, 9.17) is 0 Å². The summed E-state index contributed by atoms with van der Waals surface area (Å²) in [5.41, 5.74) is 3.03. The number of nitrogens with zero attached hydrogens (tertiary/aromatic N) is 1. The Hall–Kier alpha value is -2.70. The minimum Gasteiger partial charge on any atom is -0.376 e. The standard InChI is InChI=1S/C20H22F3N3O/c1-26-9-3-4-15-10-14(7-8-18(15)26)12-25-19(27)13-24-17-6-2-5-16(11-17)20(21,22)23/h2,5-8,10-11,24H,3-4,9,12-13H2,1H3,(H,25,27). The normalized spacial score (nSPS) is 13.9. The summed E-state index contributed by atoms with van der Waals surface area (Å²) in [4.78, 5) is 14.2. The summed E-state index contributed by atoms with van der Waals surface area (Å²) in [6, 6.07) is 11.0. The maximum Gasteiger partial charge on any atom is 0.416 e. The number of alkyl halides is 3.